The third kappa shape index (κ3) is 3.22. The van der Waals surface area contributed by atoms with E-state index in [9.17, 15) is 14.0 Å². The summed E-state index contributed by atoms with van der Waals surface area (Å²) in [7, 11) is 3.48. The van der Waals surface area contributed by atoms with Crippen LogP contribution in [0.3, 0.4) is 0 Å². The van der Waals surface area contributed by atoms with Crippen molar-refractivity contribution in [2.24, 2.45) is 5.92 Å². The summed E-state index contributed by atoms with van der Waals surface area (Å²) in [6.07, 6.45) is 1.88. The first-order valence-corrected chi connectivity index (χ1v) is 9.26. The number of carbonyl (C=O) groups is 2. The highest BCUT2D eigenvalue weighted by Crippen LogP contribution is 2.29. The van der Waals surface area contributed by atoms with Crippen molar-refractivity contribution in [3.8, 4) is 0 Å². The number of amides is 3. The van der Waals surface area contributed by atoms with Gasteiger partial charge in [0.15, 0.2) is 0 Å². The molecule has 3 saturated heterocycles. The Labute approximate surface area is 157 Å². The summed E-state index contributed by atoms with van der Waals surface area (Å²) in [4.78, 5) is 35.1. The van der Waals surface area contributed by atoms with E-state index in [1.807, 2.05) is 9.80 Å². The van der Waals surface area contributed by atoms with Crippen molar-refractivity contribution in [1.82, 2.24) is 19.7 Å². The fourth-order valence-corrected chi connectivity index (χ4v) is 4.15. The summed E-state index contributed by atoms with van der Waals surface area (Å²) >= 11 is 0. The highest BCUT2D eigenvalue weighted by Gasteiger charge is 2.39. The molecule has 2 bridgehead atoms. The van der Waals surface area contributed by atoms with E-state index in [2.05, 4.69) is 4.98 Å². The van der Waals surface area contributed by atoms with Gasteiger partial charge in [-0.3, -0.25) is 4.79 Å². The molecule has 0 unspecified atom stereocenters. The zero-order valence-corrected chi connectivity index (χ0v) is 15.6. The number of nitrogens with zero attached hydrogens (tertiary/aromatic N) is 4. The first-order chi connectivity index (χ1) is 12.9. The number of para-hydroxylation sites is 1. The van der Waals surface area contributed by atoms with Crippen LogP contribution in [0, 0.1) is 11.7 Å². The van der Waals surface area contributed by atoms with Crippen molar-refractivity contribution in [1.29, 1.82) is 0 Å². The molecule has 4 heterocycles. The molecule has 0 aliphatic carbocycles. The van der Waals surface area contributed by atoms with Crippen LogP contribution in [0.2, 0.25) is 0 Å². The fraction of sp³-hybridized carbons (Fsp3) is 0.450. The predicted octanol–water partition coefficient (Wildman–Crippen LogP) is 2.59. The molecule has 142 valence electrons. The van der Waals surface area contributed by atoms with Crippen molar-refractivity contribution in [2.45, 2.75) is 18.9 Å². The van der Waals surface area contributed by atoms with Gasteiger partial charge in [0, 0.05) is 45.2 Å². The number of rotatable bonds is 1. The lowest BCUT2D eigenvalue weighted by Crippen LogP contribution is -2.48. The summed E-state index contributed by atoms with van der Waals surface area (Å²) in [6, 6.07) is 8.10. The third-order valence-electron chi connectivity index (χ3n) is 5.52. The minimum Gasteiger partial charge on any atom is -0.332 e. The van der Waals surface area contributed by atoms with Crippen LogP contribution in [0.15, 0.2) is 30.3 Å². The van der Waals surface area contributed by atoms with Gasteiger partial charge in [-0.1, -0.05) is 18.2 Å². The van der Waals surface area contributed by atoms with Crippen LogP contribution in [0.1, 0.15) is 23.3 Å². The summed E-state index contributed by atoms with van der Waals surface area (Å²) in [5.74, 6) is -0.356. The SMILES string of the molecule is CN(C)C(=O)N1C[C@@H]2CC[C@H](C1)N(C(=O)c1ccc3cccc(F)c3n1)C2. The van der Waals surface area contributed by atoms with E-state index in [0.717, 1.165) is 12.8 Å². The Kier molecular flexibility index (Phi) is 4.45. The Bertz CT molecular complexity index is 901. The van der Waals surface area contributed by atoms with E-state index >= 15 is 0 Å². The Morgan fingerprint density at radius 1 is 1.11 bits per heavy atom. The number of halogens is 1. The van der Waals surface area contributed by atoms with Gasteiger partial charge in [-0.25, -0.2) is 14.2 Å². The zero-order chi connectivity index (χ0) is 19.1. The van der Waals surface area contributed by atoms with Gasteiger partial charge in [-0.15, -0.1) is 0 Å². The Morgan fingerprint density at radius 3 is 2.70 bits per heavy atom. The number of urea groups is 1. The molecule has 0 saturated carbocycles. The number of aromatic nitrogens is 1. The molecule has 1 aromatic heterocycles. The fourth-order valence-electron chi connectivity index (χ4n) is 4.15. The molecule has 3 aliphatic heterocycles. The number of carbonyl (C=O) groups excluding carboxylic acids is 2. The molecule has 2 aromatic rings. The topological polar surface area (TPSA) is 56.8 Å². The van der Waals surface area contributed by atoms with Gasteiger partial charge in [-0.05, 0) is 30.9 Å². The Balaban J connectivity index is 1.61. The average molecular weight is 370 g/mol. The molecular weight excluding hydrogens is 347 g/mol. The van der Waals surface area contributed by atoms with Crippen molar-refractivity contribution < 1.29 is 14.0 Å². The molecule has 7 heteroatoms. The van der Waals surface area contributed by atoms with Crippen LogP contribution in [0.4, 0.5) is 9.18 Å². The molecule has 3 fully saturated rings. The summed E-state index contributed by atoms with van der Waals surface area (Å²) < 4.78 is 14.1. The minimum absolute atomic E-state index is 0.0212. The molecule has 0 N–H and O–H groups in total. The van der Waals surface area contributed by atoms with Crippen molar-refractivity contribution >= 4 is 22.8 Å². The standard InChI is InChI=1S/C20H23FN4O2/c1-23(2)20(27)24-10-13-6-8-15(12-24)25(11-13)19(26)17-9-7-14-4-3-5-16(21)18(14)22-17/h3-5,7,9,13,15H,6,8,10-12H2,1-2H3/t13-,15+/m0/s1. The minimum atomic E-state index is -0.428. The van der Waals surface area contributed by atoms with Gasteiger partial charge in [0.25, 0.3) is 5.91 Å². The Hall–Kier alpha value is -2.70. The maximum absolute atomic E-state index is 14.1. The molecule has 3 aliphatic rings. The van der Waals surface area contributed by atoms with E-state index in [4.69, 9.17) is 0 Å². The average Bonchev–Trinajstić information content (AvgIpc) is 2.98. The third-order valence-corrected chi connectivity index (χ3v) is 5.52. The maximum atomic E-state index is 14.1. The quantitative estimate of drug-likeness (QED) is 0.775. The molecule has 6 nitrogen and oxygen atoms in total. The van der Waals surface area contributed by atoms with Crippen LogP contribution in [0.5, 0.6) is 0 Å². The number of benzene rings is 1. The first-order valence-electron chi connectivity index (χ1n) is 9.26. The summed E-state index contributed by atoms with van der Waals surface area (Å²) in [6.45, 7) is 1.80. The van der Waals surface area contributed by atoms with E-state index in [0.29, 0.717) is 25.0 Å². The predicted molar refractivity (Wildman–Crippen MR) is 99.9 cm³/mol. The molecular formula is C20H23FN4O2. The normalized spacial score (nSPS) is 22.0. The van der Waals surface area contributed by atoms with Crippen LogP contribution in [0.25, 0.3) is 10.9 Å². The molecule has 1 aromatic carbocycles. The lowest BCUT2D eigenvalue weighted by Gasteiger charge is -2.35. The summed E-state index contributed by atoms with van der Waals surface area (Å²) in [5, 5.41) is 0.673. The molecule has 27 heavy (non-hydrogen) atoms. The van der Waals surface area contributed by atoms with Crippen LogP contribution >= 0.6 is 0 Å². The van der Waals surface area contributed by atoms with Gasteiger partial charge >= 0.3 is 6.03 Å². The second-order valence-electron chi connectivity index (χ2n) is 7.64. The van der Waals surface area contributed by atoms with Gasteiger partial charge in [0.1, 0.15) is 17.0 Å². The van der Waals surface area contributed by atoms with Gasteiger partial charge in [-0.2, -0.15) is 0 Å². The van der Waals surface area contributed by atoms with Gasteiger partial charge in [0.2, 0.25) is 0 Å². The highest BCUT2D eigenvalue weighted by molar-refractivity contribution is 5.95. The Morgan fingerprint density at radius 2 is 1.93 bits per heavy atom. The monoisotopic (exact) mass is 370 g/mol. The summed E-state index contributed by atoms with van der Waals surface area (Å²) in [5.41, 5.74) is 0.471. The van der Waals surface area contributed by atoms with Crippen LogP contribution in [-0.4, -0.2) is 71.4 Å². The number of pyridine rings is 1. The molecule has 0 spiro atoms. The number of piperidine rings is 1. The van der Waals surface area contributed by atoms with Gasteiger partial charge < -0.3 is 14.7 Å². The lowest BCUT2D eigenvalue weighted by atomic mass is 9.94. The van der Waals surface area contributed by atoms with Gasteiger partial charge in [0.05, 0.1) is 0 Å². The van der Waals surface area contributed by atoms with E-state index in [-0.39, 0.29) is 35.1 Å². The zero-order valence-electron chi connectivity index (χ0n) is 15.6. The molecule has 2 atom stereocenters. The molecule has 3 amide bonds. The van der Waals surface area contributed by atoms with Crippen LogP contribution in [-0.2, 0) is 0 Å². The molecule has 5 rings (SSSR count). The highest BCUT2D eigenvalue weighted by atomic mass is 19.1. The number of hydrogen-bond donors (Lipinski definition) is 0. The first kappa shape index (κ1) is 17.7. The maximum Gasteiger partial charge on any atom is 0.319 e. The lowest BCUT2D eigenvalue weighted by molar-refractivity contribution is 0.0580. The smallest absolute Gasteiger partial charge is 0.319 e. The molecule has 0 radical (unpaired) electrons. The van der Waals surface area contributed by atoms with E-state index in [1.54, 1.807) is 43.3 Å². The van der Waals surface area contributed by atoms with E-state index < -0.39 is 5.82 Å². The second kappa shape index (κ2) is 6.79. The van der Waals surface area contributed by atoms with E-state index in [1.165, 1.54) is 6.07 Å². The largest absolute Gasteiger partial charge is 0.332 e. The number of hydrogen-bond acceptors (Lipinski definition) is 3. The van der Waals surface area contributed by atoms with Crippen LogP contribution < -0.4 is 0 Å². The van der Waals surface area contributed by atoms with Crippen molar-refractivity contribution in [3.63, 3.8) is 0 Å². The number of fused-ring (bicyclic) bond motifs is 5. The van der Waals surface area contributed by atoms with Crippen molar-refractivity contribution in [2.75, 3.05) is 33.7 Å². The second-order valence-corrected chi connectivity index (χ2v) is 7.64. The van der Waals surface area contributed by atoms with Crippen molar-refractivity contribution in [3.05, 3.63) is 41.8 Å².